The first-order valence-electron chi connectivity index (χ1n) is 31.3. The molecule has 18 heteroatoms. The smallest absolute Gasteiger partial charge is 0.330 e. The standard InChI is InChI=1S/C35H67N3O4.C18H36N2O2.C8H19N.C3Cl3N3/c1-30(2,3)28(39)41-27-32(7,8)21-25(22-33(27,9)10)36-19-17-15-16-18-20-37-26-23-34(11,12)38(35(13,14)24-26)42-29(40)31(4,5)6;1-9-10-11-19-14-12-17(5,6)20(18(7,8)13-14)22-15(21)16(2,3)4;1-3-5-7-9-8-6-4-2;4-1-7-2(5)9-3(6)8-1/h25-27,36-37H,15-24H2,1-14H3;14,19H,9-13H2,1-8H3;9H,3-8H2,1-2H3;. The molecular formula is C64H122Cl3N9O6. The minimum Gasteiger partial charge on any atom is -0.461 e. The maximum atomic E-state index is 12.7. The molecule has 0 radical (unpaired) electrons. The molecule has 3 heterocycles. The summed E-state index contributed by atoms with van der Waals surface area (Å²) in [6, 6.07) is 1.33. The fraction of sp³-hybridized carbons (Fsp3) is 0.906. The van der Waals surface area contributed by atoms with Gasteiger partial charge in [-0.05, 0) is 256 Å². The zero-order valence-corrected chi connectivity index (χ0v) is 58.7. The molecular weight excluding hydrogens is 1100 g/mol. The van der Waals surface area contributed by atoms with Crippen LogP contribution in [0.5, 0.6) is 0 Å². The number of nitrogens with zero attached hydrogens (tertiary/aromatic N) is 5. The van der Waals surface area contributed by atoms with E-state index >= 15 is 0 Å². The molecule has 2 aliphatic heterocycles. The Labute approximate surface area is 516 Å². The summed E-state index contributed by atoms with van der Waals surface area (Å²) < 4.78 is 6.12. The normalized spacial score (nSPS) is 21.5. The number of hydrogen-bond acceptors (Lipinski definition) is 15. The second-order valence-electron chi connectivity index (χ2n) is 30.7. The average molecular weight is 1220 g/mol. The molecule has 1 aromatic rings. The van der Waals surface area contributed by atoms with Crippen LogP contribution in [0.3, 0.4) is 0 Å². The lowest BCUT2D eigenvalue weighted by molar-refractivity contribution is -0.274. The molecule has 480 valence electrons. The van der Waals surface area contributed by atoms with Crippen molar-refractivity contribution < 1.29 is 28.8 Å². The highest BCUT2D eigenvalue weighted by Gasteiger charge is 2.52. The lowest BCUT2D eigenvalue weighted by Gasteiger charge is -2.53. The highest BCUT2D eigenvalue weighted by molar-refractivity contribution is 6.33. The molecule has 1 aliphatic carbocycles. The van der Waals surface area contributed by atoms with E-state index in [9.17, 15) is 14.4 Å². The molecule has 1 saturated carbocycles. The van der Waals surface area contributed by atoms with Gasteiger partial charge in [-0.25, -0.2) is 9.59 Å². The second-order valence-corrected chi connectivity index (χ2v) is 31.7. The SMILES string of the molecule is CC(C)(C)C(=O)OC1C(C)(C)CC(NCCCCCCNC2CC(C)(C)N(OC(=O)C(C)(C)C)C(C)(C)C2)CC1(C)C.CCCCNC1CC(C)(C)N(OC(=O)C(C)(C)C)C(C)(C)C1.CCCCNCCCC.Clc1nc(Cl)nc(Cl)n1. The third-order valence-electron chi connectivity index (χ3n) is 15.5. The number of piperidine rings is 2. The van der Waals surface area contributed by atoms with Gasteiger partial charge in [-0.1, -0.05) is 80.6 Å². The number of carbonyl (C=O) groups is 3. The van der Waals surface area contributed by atoms with Gasteiger partial charge in [-0.2, -0.15) is 15.0 Å². The average Bonchev–Trinajstić information content (AvgIpc) is 3.30. The van der Waals surface area contributed by atoms with Crippen molar-refractivity contribution in [1.82, 2.24) is 46.3 Å². The largest absolute Gasteiger partial charge is 0.461 e. The molecule has 0 bridgehead atoms. The summed E-state index contributed by atoms with van der Waals surface area (Å²) in [5.74, 6) is -0.439. The zero-order chi connectivity index (χ0) is 63.3. The van der Waals surface area contributed by atoms with Crippen LogP contribution in [0.15, 0.2) is 0 Å². The van der Waals surface area contributed by atoms with Crippen LogP contribution in [0.2, 0.25) is 15.9 Å². The third kappa shape index (κ3) is 28.3. The van der Waals surface area contributed by atoms with Crippen molar-refractivity contribution in [3.8, 4) is 0 Å². The van der Waals surface area contributed by atoms with Gasteiger partial charge in [0.1, 0.15) is 6.10 Å². The summed E-state index contributed by atoms with van der Waals surface area (Å²) in [5.41, 5.74) is -2.44. The Morgan fingerprint density at radius 1 is 0.439 bits per heavy atom. The molecule has 0 unspecified atom stereocenters. The number of aromatic nitrogens is 3. The number of esters is 1. The fourth-order valence-corrected chi connectivity index (χ4v) is 12.5. The van der Waals surface area contributed by atoms with Crippen LogP contribution in [0.1, 0.15) is 269 Å². The van der Waals surface area contributed by atoms with E-state index < -0.39 is 16.2 Å². The van der Waals surface area contributed by atoms with E-state index in [1.807, 2.05) is 72.4 Å². The summed E-state index contributed by atoms with van der Waals surface area (Å²) in [7, 11) is 0. The van der Waals surface area contributed by atoms with Crippen LogP contribution in [0.4, 0.5) is 0 Å². The van der Waals surface area contributed by atoms with Crippen molar-refractivity contribution in [2.45, 2.75) is 315 Å². The quantitative estimate of drug-likeness (QED) is 0.0638. The van der Waals surface area contributed by atoms with E-state index in [-0.39, 0.29) is 72.8 Å². The molecule has 0 spiro atoms. The number of halogens is 3. The molecule has 0 aromatic carbocycles. The van der Waals surface area contributed by atoms with Gasteiger partial charge in [0.05, 0.1) is 38.4 Å². The number of rotatable bonds is 22. The maximum absolute atomic E-state index is 12.7. The van der Waals surface area contributed by atoms with Crippen LogP contribution >= 0.6 is 34.8 Å². The van der Waals surface area contributed by atoms with Crippen LogP contribution in [0, 0.1) is 27.1 Å². The molecule has 0 amide bonds. The predicted octanol–water partition coefficient (Wildman–Crippen LogP) is 15.3. The number of ether oxygens (including phenoxy) is 1. The molecule has 2 saturated heterocycles. The number of hydrogen-bond donors (Lipinski definition) is 4. The van der Waals surface area contributed by atoms with Crippen molar-refractivity contribution in [3.05, 3.63) is 15.9 Å². The minimum atomic E-state index is -0.522. The molecule has 4 rings (SSSR count). The molecule has 3 fully saturated rings. The summed E-state index contributed by atoms with van der Waals surface area (Å²) in [5, 5.41) is 18.6. The first-order chi connectivity index (χ1) is 37.4. The summed E-state index contributed by atoms with van der Waals surface area (Å²) in [6.45, 7) is 55.8. The van der Waals surface area contributed by atoms with E-state index in [0.29, 0.717) is 18.1 Å². The Morgan fingerprint density at radius 2 is 0.707 bits per heavy atom. The van der Waals surface area contributed by atoms with E-state index in [0.717, 1.165) is 58.2 Å². The van der Waals surface area contributed by atoms with Crippen LogP contribution < -0.4 is 21.3 Å². The first-order valence-corrected chi connectivity index (χ1v) is 32.4. The van der Waals surface area contributed by atoms with Crippen molar-refractivity contribution >= 4 is 52.7 Å². The van der Waals surface area contributed by atoms with E-state index in [2.05, 4.69) is 140 Å². The van der Waals surface area contributed by atoms with Gasteiger partial charge >= 0.3 is 17.9 Å². The van der Waals surface area contributed by atoms with Crippen molar-refractivity contribution in [2.24, 2.45) is 27.1 Å². The minimum absolute atomic E-state index is 0.000000000000000444. The Balaban J connectivity index is 0.000000687. The molecule has 15 nitrogen and oxygen atoms in total. The van der Waals surface area contributed by atoms with Gasteiger partial charge in [0, 0.05) is 29.0 Å². The fourth-order valence-electron chi connectivity index (χ4n) is 11.8. The van der Waals surface area contributed by atoms with Crippen LogP contribution in [0.25, 0.3) is 0 Å². The lowest BCUT2D eigenvalue weighted by atomic mass is 9.61. The van der Waals surface area contributed by atoms with Crippen molar-refractivity contribution in [3.63, 3.8) is 0 Å². The van der Waals surface area contributed by atoms with Crippen LogP contribution in [-0.2, 0) is 28.8 Å². The van der Waals surface area contributed by atoms with Gasteiger partial charge in [0.25, 0.3) is 0 Å². The lowest BCUT2D eigenvalue weighted by Crippen LogP contribution is -2.64. The summed E-state index contributed by atoms with van der Waals surface area (Å²) in [4.78, 5) is 59.8. The van der Waals surface area contributed by atoms with Gasteiger partial charge < -0.3 is 35.7 Å². The van der Waals surface area contributed by atoms with Gasteiger partial charge in [0.15, 0.2) is 0 Å². The summed E-state index contributed by atoms with van der Waals surface area (Å²) >= 11 is 16.0. The predicted molar refractivity (Wildman–Crippen MR) is 342 cm³/mol. The monoisotopic (exact) mass is 1220 g/mol. The number of unbranched alkanes of at least 4 members (excludes halogenated alkanes) is 6. The van der Waals surface area contributed by atoms with Gasteiger partial charge in [-0.15, -0.1) is 10.1 Å². The molecule has 1 aromatic heterocycles. The molecule has 4 N–H and O–H groups in total. The number of carbonyl (C=O) groups excluding carboxylic acids is 3. The van der Waals surface area contributed by atoms with E-state index in [1.54, 1.807) is 0 Å². The van der Waals surface area contributed by atoms with Crippen molar-refractivity contribution in [1.29, 1.82) is 0 Å². The Bertz CT molecular complexity index is 1870. The highest BCUT2D eigenvalue weighted by Crippen LogP contribution is 2.49. The van der Waals surface area contributed by atoms with E-state index in [4.69, 9.17) is 49.2 Å². The molecule has 3 aliphatic rings. The Kier molecular flexibility index (Phi) is 32.3. The zero-order valence-electron chi connectivity index (χ0n) is 56.5. The Morgan fingerprint density at radius 3 is 0.988 bits per heavy atom. The maximum Gasteiger partial charge on any atom is 0.330 e. The highest BCUT2D eigenvalue weighted by atomic mass is 35.5. The molecule has 0 atom stereocenters. The van der Waals surface area contributed by atoms with Crippen LogP contribution in [-0.4, -0.2) is 122 Å². The molecule has 82 heavy (non-hydrogen) atoms. The van der Waals surface area contributed by atoms with Crippen molar-refractivity contribution in [2.75, 3.05) is 32.7 Å². The second kappa shape index (κ2) is 34.0. The summed E-state index contributed by atoms with van der Waals surface area (Å²) in [6.07, 6.45) is 18.3. The Hall–Kier alpha value is -1.95. The van der Waals surface area contributed by atoms with Gasteiger partial charge in [-0.3, -0.25) is 4.79 Å². The van der Waals surface area contributed by atoms with Gasteiger partial charge in [0.2, 0.25) is 15.9 Å². The number of nitrogens with one attached hydrogen (secondary N) is 4. The topological polar surface area (TPSA) is 172 Å². The first kappa shape index (κ1) is 78.1. The number of hydroxylamine groups is 4. The van der Waals surface area contributed by atoms with E-state index in [1.165, 1.54) is 77.3 Å². The third-order valence-corrected chi connectivity index (χ3v) is 16.0.